The predicted molar refractivity (Wildman–Crippen MR) is 86.1 cm³/mol. The molecule has 0 spiro atoms. The van der Waals surface area contributed by atoms with Gasteiger partial charge in [0.25, 0.3) is 0 Å². The van der Waals surface area contributed by atoms with E-state index in [4.69, 9.17) is 10.5 Å². The van der Waals surface area contributed by atoms with E-state index in [1.54, 1.807) is 0 Å². The molecular formula is C17H30N2O. The lowest BCUT2D eigenvalue weighted by atomic mass is 10.0. The van der Waals surface area contributed by atoms with Gasteiger partial charge in [-0.15, -0.1) is 0 Å². The number of hydrogen-bond acceptors (Lipinski definition) is 3. The predicted octanol–water partition coefficient (Wildman–Crippen LogP) is 3.45. The molecule has 114 valence electrons. The number of benzene rings is 1. The standard InChI is InChI=1S/C17H30N2O/c1-5-12-20-16-8-6-15(7-9-16)17(13-18)19(4)11-10-14(2)3/h6-9,14,17H,5,10-13,18H2,1-4H3. The van der Waals surface area contributed by atoms with Gasteiger partial charge in [-0.05, 0) is 50.0 Å². The molecule has 0 aromatic heterocycles. The highest BCUT2D eigenvalue weighted by Gasteiger charge is 2.15. The second-order valence-corrected chi connectivity index (χ2v) is 5.83. The van der Waals surface area contributed by atoms with E-state index in [1.165, 1.54) is 12.0 Å². The Bertz CT molecular complexity index is 362. The first-order valence-corrected chi connectivity index (χ1v) is 7.71. The van der Waals surface area contributed by atoms with Crippen LogP contribution in [-0.2, 0) is 0 Å². The average Bonchev–Trinajstić information content (AvgIpc) is 2.45. The van der Waals surface area contributed by atoms with E-state index in [1.807, 2.05) is 12.1 Å². The van der Waals surface area contributed by atoms with E-state index in [2.05, 4.69) is 44.9 Å². The highest BCUT2D eigenvalue weighted by atomic mass is 16.5. The maximum absolute atomic E-state index is 5.96. The Morgan fingerprint density at radius 1 is 1.20 bits per heavy atom. The van der Waals surface area contributed by atoms with Crippen LogP contribution < -0.4 is 10.5 Å². The van der Waals surface area contributed by atoms with Crippen molar-refractivity contribution in [3.63, 3.8) is 0 Å². The summed E-state index contributed by atoms with van der Waals surface area (Å²) in [5.41, 5.74) is 7.22. The number of rotatable bonds is 9. The Labute approximate surface area is 124 Å². The van der Waals surface area contributed by atoms with Gasteiger partial charge in [-0.2, -0.15) is 0 Å². The van der Waals surface area contributed by atoms with Crippen LogP contribution in [0.25, 0.3) is 0 Å². The molecule has 1 atom stereocenters. The summed E-state index contributed by atoms with van der Waals surface area (Å²) >= 11 is 0. The second kappa shape index (κ2) is 8.98. The van der Waals surface area contributed by atoms with Crippen LogP contribution in [0.3, 0.4) is 0 Å². The third kappa shape index (κ3) is 5.51. The smallest absolute Gasteiger partial charge is 0.119 e. The van der Waals surface area contributed by atoms with E-state index in [9.17, 15) is 0 Å². The van der Waals surface area contributed by atoms with Gasteiger partial charge in [-0.1, -0.05) is 32.9 Å². The maximum Gasteiger partial charge on any atom is 0.119 e. The molecule has 0 bridgehead atoms. The zero-order valence-electron chi connectivity index (χ0n) is 13.4. The Balaban J connectivity index is 2.64. The van der Waals surface area contributed by atoms with Crippen molar-refractivity contribution in [3.05, 3.63) is 29.8 Å². The van der Waals surface area contributed by atoms with Crippen LogP contribution in [0.4, 0.5) is 0 Å². The van der Waals surface area contributed by atoms with E-state index in [-0.39, 0.29) is 6.04 Å². The largest absolute Gasteiger partial charge is 0.494 e. The molecule has 0 heterocycles. The molecule has 1 unspecified atom stereocenters. The summed E-state index contributed by atoms with van der Waals surface area (Å²) in [5, 5.41) is 0. The third-order valence-electron chi connectivity index (χ3n) is 3.55. The minimum atomic E-state index is 0.286. The van der Waals surface area contributed by atoms with E-state index in [0.717, 1.165) is 31.2 Å². The van der Waals surface area contributed by atoms with Gasteiger partial charge in [0.15, 0.2) is 0 Å². The molecular weight excluding hydrogens is 248 g/mol. The summed E-state index contributed by atoms with van der Waals surface area (Å²) in [6, 6.07) is 8.64. The molecule has 3 nitrogen and oxygen atoms in total. The Kier molecular flexibility index (Phi) is 7.63. The van der Waals surface area contributed by atoms with Gasteiger partial charge in [-0.3, -0.25) is 4.90 Å². The van der Waals surface area contributed by atoms with Gasteiger partial charge in [0.05, 0.1) is 6.61 Å². The summed E-state index contributed by atoms with van der Waals surface area (Å²) in [5.74, 6) is 1.66. The molecule has 0 radical (unpaired) electrons. The molecule has 0 fully saturated rings. The first-order chi connectivity index (χ1) is 9.58. The highest BCUT2D eigenvalue weighted by Crippen LogP contribution is 2.22. The Morgan fingerprint density at radius 3 is 2.35 bits per heavy atom. The molecule has 0 amide bonds. The van der Waals surface area contributed by atoms with Crippen LogP contribution in [0.1, 0.15) is 45.2 Å². The number of likely N-dealkylation sites (N-methyl/N-ethyl adjacent to an activating group) is 1. The molecule has 0 saturated heterocycles. The molecule has 1 aromatic rings. The molecule has 3 heteroatoms. The Hall–Kier alpha value is -1.06. The molecule has 2 N–H and O–H groups in total. The van der Waals surface area contributed by atoms with E-state index in [0.29, 0.717) is 6.54 Å². The lowest BCUT2D eigenvalue weighted by molar-refractivity contribution is 0.236. The van der Waals surface area contributed by atoms with Gasteiger partial charge >= 0.3 is 0 Å². The molecule has 0 aliphatic rings. The number of nitrogens with zero attached hydrogens (tertiary/aromatic N) is 1. The van der Waals surface area contributed by atoms with Gasteiger partial charge in [0, 0.05) is 12.6 Å². The SMILES string of the molecule is CCCOc1ccc(C(CN)N(C)CCC(C)C)cc1. The van der Waals surface area contributed by atoms with Crippen LogP contribution in [0.2, 0.25) is 0 Å². The fourth-order valence-corrected chi connectivity index (χ4v) is 2.19. The summed E-state index contributed by atoms with van der Waals surface area (Å²) in [6.45, 7) is 9.12. The molecule has 1 rings (SSSR count). The van der Waals surface area contributed by atoms with Crippen LogP contribution in [0, 0.1) is 5.92 Å². The topological polar surface area (TPSA) is 38.5 Å². The zero-order chi connectivity index (χ0) is 15.0. The van der Waals surface area contributed by atoms with E-state index < -0.39 is 0 Å². The molecule has 0 aliphatic carbocycles. The molecule has 20 heavy (non-hydrogen) atoms. The quantitative estimate of drug-likeness (QED) is 0.752. The summed E-state index contributed by atoms with van der Waals surface area (Å²) in [7, 11) is 2.15. The van der Waals surface area contributed by atoms with Gasteiger partial charge < -0.3 is 10.5 Å². The van der Waals surface area contributed by atoms with Crippen LogP contribution in [0.5, 0.6) is 5.75 Å². The lowest BCUT2D eigenvalue weighted by Crippen LogP contribution is -2.31. The van der Waals surface area contributed by atoms with Crippen molar-refractivity contribution in [2.24, 2.45) is 11.7 Å². The minimum absolute atomic E-state index is 0.286. The average molecular weight is 278 g/mol. The van der Waals surface area contributed by atoms with Crippen molar-refractivity contribution in [2.75, 3.05) is 26.7 Å². The molecule has 0 saturated carbocycles. The van der Waals surface area contributed by atoms with Crippen LogP contribution in [-0.4, -0.2) is 31.6 Å². The summed E-state index contributed by atoms with van der Waals surface area (Å²) in [4.78, 5) is 2.35. The van der Waals surface area contributed by atoms with Crippen molar-refractivity contribution in [1.29, 1.82) is 0 Å². The zero-order valence-corrected chi connectivity index (χ0v) is 13.4. The Morgan fingerprint density at radius 2 is 1.85 bits per heavy atom. The number of nitrogens with two attached hydrogens (primary N) is 1. The van der Waals surface area contributed by atoms with Crippen molar-refractivity contribution in [1.82, 2.24) is 4.90 Å². The first-order valence-electron chi connectivity index (χ1n) is 7.71. The molecule has 1 aromatic carbocycles. The second-order valence-electron chi connectivity index (χ2n) is 5.83. The van der Waals surface area contributed by atoms with E-state index >= 15 is 0 Å². The lowest BCUT2D eigenvalue weighted by Gasteiger charge is -2.28. The minimum Gasteiger partial charge on any atom is -0.494 e. The van der Waals surface area contributed by atoms with Crippen LogP contribution in [0.15, 0.2) is 24.3 Å². The normalized spacial score (nSPS) is 12.9. The number of ether oxygens (including phenoxy) is 1. The third-order valence-corrected chi connectivity index (χ3v) is 3.55. The van der Waals surface area contributed by atoms with Crippen LogP contribution >= 0.6 is 0 Å². The van der Waals surface area contributed by atoms with Crippen molar-refractivity contribution in [2.45, 2.75) is 39.7 Å². The molecule has 0 aliphatic heterocycles. The van der Waals surface area contributed by atoms with Crippen molar-refractivity contribution < 1.29 is 4.74 Å². The first kappa shape index (κ1) is 17.0. The van der Waals surface area contributed by atoms with Gasteiger partial charge in [0.2, 0.25) is 0 Å². The fourth-order valence-electron chi connectivity index (χ4n) is 2.19. The fraction of sp³-hybridized carbons (Fsp3) is 0.647. The van der Waals surface area contributed by atoms with Gasteiger partial charge in [-0.25, -0.2) is 0 Å². The maximum atomic E-state index is 5.96. The summed E-state index contributed by atoms with van der Waals surface area (Å²) in [6.07, 6.45) is 2.23. The van der Waals surface area contributed by atoms with Crippen molar-refractivity contribution in [3.8, 4) is 5.75 Å². The summed E-state index contributed by atoms with van der Waals surface area (Å²) < 4.78 is 5.62. The monoisotopic (exact) mass is 278 g/mol. The van der Waals surface area contributed by atoms with Crippen molar-refractivity contribution >= 4 is 0 Å². The van der Waals surface area contributed by atoms with Gasteiger partial charge in [0.1, 0.15) is 5.75 Å². The highest BCUT2D eigenvalue weighted by molar-refractivity contribution is 5.29. The number of hydrogen-bond donors (Lipinski definition) is 1.